The van der Waals surface area contributed by atoms with Crippen molar-refractivity contribution >= 4 is 5.69 Å². The van der Waals surface area contributed by atoms with Crippen LogP contribution in [-0.4, -0.2) is 0 Å². The van der Waals surface area contributed by atoms with Crippen molar-refractivity contribution in [3.63, 3.8) is 0 Å². The average molecular weight is 983 g/mol. The number of benzene rings is 10. The molecule has 0 atom stereocenters. The van der Waals surface area contributed by atoms with E-state index in [1.165, 1.54) is 100 Å². The highest BCUT2D eigenvalue weighted by molar-refractivity contribution is 5.72. The van der Waals surface area contributed by atoms with E-state index in [-0.39, 0.29) is 0 Å². The van der Waals surface area contributed by atoms with Gasteiger partial charge in [0.25, 0.3) is 0 Å². The summed E-state index contributed by atoms with van der Waals surface area (Å²) in [7, 11) is 0. The van der Waals surface area contributed by atoms with Gasteiger partial charge in [-0.1, -0.05) is 263 Å². The molecule has 0 spiro atoms. The Morgan fingerprint density at radius 3 is 0.813 bits per heavy atom. The zero-order chi connectivity index (χ0) is 54.5. The maximum atomic E-state index is 8.38. The van der Waals surface area contributed by atoms with Crippen molar-refractivity contribution in [2.24, 2.45) is 0 Å². The molecule has 0 saturated heterocycles. The van der Waals surface area contributed by atoms with Crippen molar-refractivity contribution in [2.75, 3.05) is 5.73 Å². The molecular formula is C73H78N2. The van der Waals surface area contributed by atoms with Gasteiger partial charge in [-0.15, -0.1) is 0 Å². The van der Waals surface area contributed by atoms with Gasteiger partial charge in [0, 0.05) is 5.69 Å². The molecule has 10 rings (SSSR count). The topological polar surface area (TPSA) is 49.8 Å². The van der Waals surface area contributed by atoms with Crippen molar-refractivity contribution in [1.82, 2.24) is 0 Å². The SMILES string of the molecule is Cc1ccc(-c2ccc(C)cc2)cc1.Cc1ccc(C#N)cc1.Cc1ccc(C)c(-c2ccccc2C)c1.Cc1ccc(C)c(-c2ccccc2C)c1.Cc1ccc(N)cc1.Cc1ccccc1.Cc1ccccc1. The molecule has 0 aromatic heterocycles. The summed E-state index contributed by atoms with van der Waals surface area (Å²) in [5, 5.41) is 8.38. The minimum Gasteiger partial charge on any atom is -0.399 e. The number of nitrogen functional groups attached to an aromatic ring is 1. The van der Waals surface area contributed by atoms with Crippen LogP contribution in [0.1, 0.15) is 72.3 Å². The van der Waals surface area contributed by atoms with E-state index in [2.05, 4.69) is 233 Å². The first-order valence-electron chi connectivity index (χ1n) is 25.7. The molecule has 0 aliphatic carbocycles. The summed E-state index contributed by atoms with van der Waals surface area (Å²) < 4.78 is 0. The summed E-state index contributed by atoms with van der Waals surface area (Å²) >= 11 is 0. The average Bonchev–Trinajstić information content (AvgIpc) is 3.41. The Morgan fingerprint density at radius 1 is 0.253 bits per heavy atom. The molecule has 0 bridgehead atoms. The van der Waals surface area contributed by atoms with E-state index in [4.69, 9.17) is 11.0 Å². The molecule has 0 aliphatic heterocycles. The van der Waals surface area contributed by atoms with E-state index < -0.39 is 0 Å². The zero-order valence-electron chi connectivity index (χ0n) is 46.6. The molecule has 0 unspecified atom stereocenters. The van der Waals surface area contributed by atoms with Gasteiger partial charge in [-0.3, -0.25) is 0 Å². The van der Waals surface area contributed by atoms with Crippen LogP contribution in [0.25, 0.3) is 33.4 Å². The fraction of sp³-hybridized carbons (Fsp3) is 0.164. The van der Waals surface area contributed by atoms with Crippen molar-refractivity contribution in [3.05, 3.63) is 315 Å². The number of aryl methyl sites for hydroxylation is 12. The van der Waals surface area contributed by atoms with Gasteiger partial charge in [-0.2, -0.15) is 5.26 Å². The number of hydrogen-bond donors (Lipinski definition) is 1. The van der Waals surface area contributed by atoms with Crippen molar-refractivity contribution in [1.29, 1.82) is 5.26 Å². The summed E-state index contributed by atoms with van der Waals surface area (Å²) in [4.78, 5) is 0. The molecule has 0 amide bonds. The molecular weight excluding hydrogens is 905 g/mol. The minimum atomic E-state index is 0.723. The number of hydrogen-bond acceptors (Lipinski definition) is 2. The van der Waals surface area contributed by atoms with Crippen molar-refractivity contribution < 1.29 is 0 Å². The van der Waals surface area contributed by atoms with Gasteiger partial charge in [0.05, 0.1) is 11.6 Å². The maximum absolute atomic E-state index is 8.38. The van der Waals surface area contributed by atoms with Crippen molar-refractivity contribution in [2.45, 2.75) is 83.1 Å². The molecule has 2 heteroatoms. The normalized spacial score (nSPS) is 9.64. The molecule has 0 fully saturated rings. The highest BCUT2D eigenvalue weighted by atomic mass is 14.5. The van der Waals surface area contributed by atoms with Crippen LogP contribution in [0.5, 0.6) is 0 Å². The van der Waals surface area contributed by atoms with Crippen LogP contribution < -0.4 is 5.73 Å². The first-order valence-corrected chi connectivity index (χ1v) is 25.7. The maximum Gasteiger partial charge on any atom is 0.0991 e. The molecule has 2 nitrogen and oxygen atoms in total. The minimum absolute atomic E-state index is 0.723. The largest absolute Gasteiger partial charge is 0.399 e. The van der Waals surface area contributed by atoms with Crippen LogP contribution >= 0.6 is 0 Å². The molecule has 10 aromatic rings. The molecule has 0 heterocycles. The van der Waals surface area contributed by atoms with E-state index in [1.54, 1.807) is 0 Å². The lowest BCUT2D eigenvalue weighted by Gasteiger charge is -2.09. The Morgan fingerprint density at radius 2 is 0.520 bits per heavy atom. The smallest absolute Gasteiger partial charge is 0.0991 e. The number of nitriles is 1. The van der Waals surface area contributed by atoms with Crippen LogP contribution in [0.15, 0.2) is 243 Å². The third kappa shape index (κ3) is 22.0. The molecule has 0 radical (unpaired) electrons. The first kappa shape index (κ1) is 59.1. The predicted octanol–water partition coefficient (Wildman–Crippen LogP) is 20.0. The van der Waals surface area contributed by atoms with Crippen LogP contribution in [0, 0.1) is 94.4 Å². The summed E-state index contributed by atoms with van der Waals surface area (Å²) in [5.41, 5.74) is 30.6. The Labute approximate surface area is 451 Å². The lowest BCUT2D eigenvalue weighted by molar-refractivity contribution is 1.37. The van der Waals surface area contributed by atoms with Crippen LogP contribution in [0.3, 0.4) is 0 Å². The second kappa shape index (κ2) is 31.8. The lowest BCUT2D eigenvalue weighted by atomic mass is 9.95. The van der Waals surface area contributed by atoms with Crippen LogP contribution in [0.4, 0.5) is 5.69 Å². The van der Waals surface area contributed by atoms with Gasteiger partial charge >= 0.3 is 0 Å². The Balaban J connectivity index is 0.000000194. The number of rotatable bonds is 3. The fourth-order valence-electron chi connectivity index (χ4n) is 7.56. The molecule has 0 aliphatic rings. The molecule has 75 heavy (non-hydrogen) atoms. The first-order chi connectivity index (χ1) is 36.0. The Hall–Kier alpha value is -8.51. The lowest BCUT2D eigenvalue weighted by Crippen LogP contribution is -1.87. The number of anilines is 1. The van der Waals surface area contributed by atoms with E-state index in [1.807, 2.05) is 98.8 Å². The molecule has 0 saturated carbocycles. The van der Waals surface area contributed by atoms with Gasteiger partial charge in [0.2, 0.25) is 0 Å². The van der Waals surface area contributed by atoms with Gasteiger partial charge in [-0.25, -0.2) is 0 Å². The van der Waals surface area contributed by atoms with Gasteiger partial charge < -0.3 is 5.73 Å². The predicted molar refractivity (Wildman–Crippen MR) is 327 cm³/mol. The number of nitrogens with two attached hydrogens (primary N) is 1. The third-order valence-electron chi connectivity index (χ3n) is 12.2. The quantitative estimate of drug-likeness (QED) is 0.179. The molecule has 2 N–H and O–H groups in total. The Bertz CT molecular complexity index is 3040. The molecule has 10 aromatic carbocycles. The summed E-state index contributed by atoms with van der Waals surface area (Å²) in [6.07, 6.45) is 0. The van der Waals surface area contributed by atoms with Crippen LogP contribution in [-0.2, 0) is 0 Å². The van der Waals surface area contributed by atoms with E-state index in [0.717, 1.165) is 11.3 Å². The highest BCUT2D eigenvalue weighted by Gasteiger charge is 2.05. The monoisotopic (exact) mass is 983 g/mol. The van der Waals surface area contributed by atoms with Gasteiger partial charge in [0.15, 0.2) is 0 Å². The third-order valence-corrected chi connectivity index (χ3v) is 12.2. The van der Waals surface area contributed by atoms with E-state index in [9.17, 15) is 0 Å². The summed E-state index contributed by atoms with van der Waals surface area (Å²) in [5.74, 6) is 0. The number of nitrogens with zero attached hydrogens (tertiary/aromatic N) is 1. The fourth-order valence-corrected chi connectivity index (χ4v) is 7.56. The highest BCUT2D eigenvalue weighted by Crippen LogP contribution is 2.28. The summed E-state index contributed by atoms with van der Waals surface area (Å²) in [6, 6.07) is 85.4. The van der Waals surface area contributed by atoms with E-state index >= 15 is 0 Å². The zero-order valence-corrected chi connectivity index (χ0v) is 46.6. The second-order valence-electron chi connectivity index (χ2n) is 19.2. The van der Waals surface area contributed by atoms with E-state index in [0.29, 0.717) is 0 Å². The summed E-state index contributed by atoms with van der Waals surface area (Å²) in [6.45, 7) is 25.4. The molecule has 380 valence electrons. The standard InChI is InChI=1S/2C15H16.C14H14.C8H7N.C7H9N.2C7H8/c2*1-11-8-9-13(3)15(10-11)14-7-5-4-6-12(14)2;1-11-3-7-13(8-4-11)14-9-5-12(2)6-10-14;1-7-2-4-8(6-9)5-3-7;1-6-2-4-7(8)5-3-6;2*1-7-5-3-2-4-6-7/h2*4-10H,1-3H3;3-10H,1-2H3;2-5H,1H3;2-5H,8H2,1H3;2*2-6H,1H3. The van der Waals surface area contributed by atoms with Crippen molar-refractivity contribution in [3.8, 4) is 39.4 Å². The van der Waals surface area contributed by atoms with Gasteiger partial charge in [0.1, 0.15) is 0 Å². The Kier molecular flexibility index (Phi) is 25.1. The van der Waals surface area contributed by atoms with Crippen LogP contribution in [0.2, 0.25) is 0 Å². The van der Waals surface area contributed by atoms with Gasteiger partial charge in [-0.05, 0) is 163 Å². The second-order valence-corrected chi connectivity index (χ2v) is 19.2.